The average Bonchev–Trinajstić information content (AvgIpc) is 2.36. The highest BCUT2D eigenvalue weighted by atomic mass is 35.5. The number of rotatable bonds is 4. The SMILES string of the molecule is CN(C)CCN1CCN(c2cc(N)cc(Cl)n2)CC1. The van der Waals surface area contributed by atoms with Gasteiger partial charge in [0.2, 0.25) is 0 Å². The molecule has 5 nitrogen and oxygen atoms in total. The van der Waals surface area contributed by atoms with Crippen LogP contribution >= 0.6 is 11.6 Å². The van der Waals surface area contributed by atoms with Crippen LogP contribution in [-0.2, 0) is 0 Å². The molecule has 0 radical (unpaired) electrons. The lowest BCUT2D eigenvalue weighted by Gasteiger charge is -2.35. The van der Waals surface area contributed by atoms with Gasteiger partial charge in [0.1, 0.15) is 11.0 Å². The molecule has 0 unspecified atom stereocenters. The molecule has 106 valence electrons. The molecule has 1 saturated heterocycles. The van der Waals surface area contributed by atoms with Gasteiger partial charge >= 0.3 is 0 Å². The van der Waals surface area contributed by atoms with Gasteiger partial charge in [-0.15, -0.1) is 0 Å². The molecule has 1 aliphatic rings. The van der Waals surface area contributed by atoms with Crippen molar-refractivity contribution >= 4 is 23.1 Å². The second kappa shape index (κ2) is 6.41. The maximum Gasteiger partial charge on any atom is 0.133 e. The number of anilines is 2. The summed E-state index contributed by atoms with van der Waals surface area (Å²) in [7, 11) is 4.21. The van der Waals surface area contributed by atoms with E-state index < -0.39 is 0 Å². The van der Waals surface area contributed by atoms with Crippen LogP contribution in [0.3, 0.4) is 0 Å². The molecule has 2 heterocycles. The van der Waals surface area contributed by atoms with Crippen molar-refractivity contribution in [3.8, 4) is 0 Å². The number of nitrogens with zero attached hydrogens (tertiary/aromatic N) is 4. The van der Waals surface area contributed by atoms with Crippen molar-refractivity contribution in [1.29, 1.82) is 0 Å². The number of hydrogen-bond donors (Lipinski definition) is 1. The second-order valence-electron chi connectivity index (χ2n) is 5.21. The fourth-order valence-electron chi connectivity index (χ4n) is 2.21. The molecular weight excluding hydrogens is 262 g/mol. The highest BCUT2D eigenvalue weighted by Gasteiger charge is 2.18. The summed E-state index contributed by atoms with van der Waals surface area (Å²) in [5.41, 5.74) is 6.48. The summed E-state index contributed by atoms with van der Waals surface area (Å²) < 4.78 is 0. The van der Waals surface area contributed by atoms with Crippen molar-refractivity contribution in [3.05, 3.63) is 17.3 Å². The zero-order valence-corrected chi connectivity index (χ0v) is 12.4. The number of aromatic nitrogens is 1. The minimum atomic E-state index is 0.463. The maximum atomic E-state index is 5.95. The van der Waals surface area contributed by atoms with Gasteiger partial charge in [0.05, 0.1) is 0 Å². The van der Waals surface area contributed by atoms with Gasteiger partial charge in [-0.2, -0.15) is 0 Å². The number of halogens is 1. The Kier molecular flexibility index (Phi) is 4.85. The first-order chi connectivity index (χ1) is 9.04. The minimum absolute atomic E-state index is 0.463. The summed E-state index contributed by atoms with van der Waals surface area (Å²) in [6.07, 6.45) is 0. The fourth-order valence-corrected chi connectivity index (χ4v) is 2.42. The van der Waals surface area contributed by atoms with Crippen LogP contribution in [0.2, 0.25) is 5.15 Å². The van der Waals surface area contributed by atoms with Crippen molar-refractivity contribution in [2.45, 2.75) is 0 Å². The predicted octanol–water partition coefficient (Wildman–Crippen LogP) is 1.00. The number of likely N-dealkylation sites (N-methyl/N-ethyl adjacent to an activating group) is 1. The zero-order valence-electron chi connectivity index (χ0n) is 11.6. The average molecular weight is 284 g/mol. The largest absolute Gasteiger partial charge is 0.399 e. The molecule has 1 aromatic heterocycles. The number of nitrogens with two attached hydrogens (primary N) is 1. The van der Waals surface area contributed by atoms with Crippen molar-refractivity contribution < 1.29 is 0 Å². The highest BCUT2D eigenvalue weighted by Crippen LogP contribution is 2.20. The summed E-state index contributed by atoms with van der Waals surface area (Å²) in [4.78, 5) is 11.3. The van der Waals surface area contributed by atoms with Crippen LogP contribution in [0.5, 0.6) is 0 Å². The molecule has 0 spiro atoms. The van der Waals surface area contributed by atoms with Gasteiger partial charge in [-0.25, -0.2) is 4.98 Å². The van der Waals surface area contributed by atoms with Crippen LogP contribution in [-0.4, -0.2) is 68.1 Å². The van der Waals surface area contributed by atoms with Crippen LogP contribution in [0.25, 0.3) is 0 Å². The molecular formula is C13H22ClN5. The Morgan fingerprint density at radius 2 is 1.95 bits per heavy atom. The molecule has 1 aromatic rings. The van der Waals surface area contributed by atoms with Crippen LogP contribution in [0.4, 0.5) is 11.5 Å². The van der Waals surface area contributed by atoms with Gasteiger partial charge in [0, 0.05) is 51.0 Å². The quantitative estimate of drug-likeness (QED) is 0.836. The van der Waals surface area contributed by atoms with E-state index in [-0.39, 0.29) is 0 Å². The van der Waals surface area contributed by atoms with Crippen molar-refractivity contribution in [3.63, 3.8) is 0 Å². The molecule has 0 bridgehead atoms. The molecule has 0 atom stereocenters. The first kappa shape index (κ1) is 14.4. The monoisotopic (exact) mass is 283 g/mol. The number of pyridine rings is 1. The molecule has 6 heteroatoms. The van der Waals surface area contributed by atoms with Gasteiger partial charge in [-0.05, 0) is 20.2 Å². The topological polar surface area (TPSA) is 48.6 Å². The Hall–Kier alpha value is -1.04. The molecule has 19 heavy (non-hydrogen) atoms. The van der Waals surface area contributed by atoms with E-state index >= 15 is 0 Å². The lowest BCUT2D eigenvalue weighted by Crippen LogP contribution is -2.48. The lowest BCUT2D eigenvalue weighted by atomic mass is 10.3. The number of piperazine rings is 1. The van der Waals surface area contributed by atoms with Crippen molar-refractivity contribution in [2.75, 3.05) is 64.0 Å². The van der Waals surface area contributed by atoms with E-state index in [4.69, 9.17) is 17.3 Å². The van der Waals surface area contributed by atoms with Crippen LogP contribution in [0.15, 0.2) is 12.1 Å². The molecule has 2 N–H and O–H groups in total. The van der Waals surface area contributed by atoms with Gasteiger partial charge in [-0.3, -0.25) is 4.90 Å². The van der Waals surface area contributed by atoms with Crippen LogP contribution in [0.1, 0.15) is 0 Å². The second-order valence-corrected chi connectivity index (χ2v) is 5.60. The third-order valence-electron chi connectivity index (χ3n) is 3.36. The summed E-state index contributed by atoms with van der Waals surface area (Å²) >= 11 is 5.95. The zero-order chi connectivity index (χ0) is 13.8. The Labute approximate surface area is 119 Å². The lowest BCUT2D eigenvalue weighted by molar-refractivity contribution is 0.229. The Morgan fingerprint density at radius 3 is 2.53 bits per heavy atom. The summed E-state index contributed by atoms with van der Waals surface area (Å²) in [5, 5.41) is 0.463. The maximum absolute atomic E-state index is 5.95. The van der Waals surface area contributed by atoms with Gasteiger partial charge in [0.25, 0.3) is 0 Å². The standard InChI is InChI=1S/C13H22ClN5/c1-17(2)3-4-18-5-7-19(8-6-18)13-10-11(15)9-12(14)16-13/h9-10H,3-8H2,1-2H3,(H2,15,16). The molecule has 1 fully saturated rings. The van der Waals surface area contributed by atoms with Crippen LogP contribution in [0, 0.1) is 0 Å². The van der Waals surface area contributed by atoms with E-state index in [0.29, 0.717) is 10.8 Å². The molecule has 2 rings (SSSR count). The van der Waals surface area contributed by atoms with E-state index in [1.807, 2.05) is 6.07 Å². The summed E-state index contributed by atoms with van der Waals surface area (Å²) in [6, 6.07) is 3.57. The third kappa shape index (κ3) is 4.23. The highest BCUT2D eigenvalue weighted by molar-refractivity contribution is 6.29. The molecule has 0 aliphatic carbocycles. The van der Waals surface area contributed by atoms with E-state index in [1.165, 1.54) is 0 Å². The van der Waals surface area contributed by atoms with E-state index in [9.17, 15) is 0 Å². The number of nitrogen functional groups attached to an aromatic ring is 1. The van der Waals surface area contributed by atoms with E-state index in [0.717, 1.165) is 45.1 Å². The third-order valence-corrected chi connectivity index (χ3v) is 3.56. The summed E-state index contributed by atoms with van der Waals surface area (Å²) in [5.74, 6) is 0.886. The van der Waals surface area contributed by atoms with Crippen molar-refractivity contribution in [1.82, 2.24) is 14.8 Å². The Balaban J connectivity index is 1.89. The smallest absolute Gasteiger partial charge is 0.133 e. The minimum Gasteiger partial charge on any atom is -0.399 e. The summed E-state index contributed by atoms with van der Waals surface area (Å²) in [6.45, 7) is 6.28. The number of hydrogen-bond acceptors (Lipinski definition) is 5. The Bertz CT molecular complexity index is 395. The van der Waals surface area contributed by atoms with Crippen LogP contribution < -0.4 is 10.6 Å². The first-order valence-electron chi connectivity index (χ1n) is 6.59. The van der Waals surface area contributed by atoms with E-state index in [2.05, 4.69) is 33.8 Å². The van der Waals surface area contributed by atoms with Gasteiger partial charge in [0.15, 0.2) is 0 Å². The van der Waals surface area contributed by atoms with Gasteiger partial charge < -0.3 is 15.5 Å². The van der Waals surface area contributed by atoms with Crippen molar-refractivity contribution in [2.24, 2.45) is 0 Å². The Morgan fingerprint density at radius 1 is 1.26 bits per heavy atom. The fraction of sp³-hybridized carbons (Fsp3) is 0.615. The molecule has 0 aromatic carbocycles. The molecule has 0 saturated carbocycles. The molecule has 1 aliphatic heterocycles. The molecule has 0 amide bonds. The van der Waals surface area contributed by atoms with Gasteiger partial charge in [-0.1, -0.05) is 11.6 Å². The first-order valence-corrected chi connectivity index (χ1v) is 6.97. The van der Waals surface area contributed by atoms with E-state index in [1.54, 1.807) is 6.07 Å². The predicted molar refractivity (Wildman–Crippen MR) is 80.9 cm³/mol. The normalized spacial score (nSPS) is 17.2.